The highest BCUT2D eigenvalue weighted by molar-refractivity contribution is 6.01. The van der Waals surface area contributed by atoms with Crippen LogP contribution in [0.3, 0.4) is 0 Å². The average Bonchev–Trinajstić information content (AvgIpc) is 2.92. The summed E-state index contributed by atoms with van der Waals surface area (Å²) in [4.78, 5) is 26.4. The molecule has 0 radical (unpaired) electrons. The van der Waals surface area contributed by atoms with Gasteiger partial charge in [0, 0.05) is 19.6 Å². The number of likely N-dealkylation sites (N-methyl/N-ethyl adjacent to an activating group) is 1. The minimum Gasteiger partial charge on any atom is -0.318 e. The van der Waals surface area contributed by atoms with E-state index in [0.717, 1.165) is 19.4 Å². The van der Waals surface area contributed by atoms with Crippen molar-refractivity contribution in [2.45, 2.75) is 45.1 Å². The van der Waals surface area contributed by atoms with E-state index in [1.807, 2.05) is 0 Å². The number of amides is 3. The van der Waals surface area contributed by atoms with Gasteiger partial charge in [0.05, 0.1) is 0 Å². The third-order valence-electron chi connectivity index (χ3n) is 4.27. The Hall–Kier alpha value is -1.10. The first kappa shape index (κ1) is 14.3. The molecular weight excluding hydrogens is 242 g/mol. The van der Waals surface area contributed by atoms with Crippen LogP contribution in [0.2, 0.25) is 0 Å². The van der Waals surface area contributed by atoms with Gasteiger partial charge in [-0.2, -0.15) is 0 Å². The van der Waals surface area contributed by atoms with E-state index in [1.54, 1.807) is 7.05 Å². The SMILES string of the molecule is CCCNC1CCCC1CCN1C(=O)CN(C)C1=O. The first-order valence-corrected chi connectivity index (χ1v) is 7.42. The van der Waals surface area contributed by atoms with Crippen LogP contribution in [0.4, 0.5) is 4.79 Å². The molecule has 0 aromatic rings. The first-order valence-electron chi connectivity index (χ1n) is 7.42. The van der Waals surface area contributed by atoms with Gasteiger partial charge < -0.3 is 10.2 Å². The van der Waals surface area contributed by atoms with Crippen molar-refractivity contribution < 1.29 is 9.59 Å². The van der Waals surface area contributed by atoms with Crippen LogP contribution in [-0.4, -0.2) is 54.5 Å². The molecule has 2 atom stereocenters. The minimum atomic E-state index is -0.138. The number of carbonyl (C=O) groups excluding carboxylic acids is 2. The van der Waals surface area contributed by atoms with Crippen LogP contribution in [-0.2, 0) is 4.79 Å². The zero-order chi connectivity index (χ0) is 13.8. The van der Waals surface area contributed by atoms with E-state index in [1.165, 1.54) is 29.1 Å². The van der Waals surface area contributed by atoms with Gasteiger partial charge in [-0.25, -0.2) is 4.79 Å². The summed E-state index contributed by atoms with van der Waals surface area (Å²) in [5, 5.41) is 3.59. The maximum atomic E-state index is 11.8. The van der Waals surface area contributed by atoms with E-state index in [-0.39, 0.29) is 18.5 Å². The second-order valence-electron chi connectivity index (χ2n) is 5.72. The summed E-state index contributed by atoms with van der Waals surface area (Å²) in [6.45, 7) is 4.05. The van der Waals surface area contributed by atoms with E-state index in [0.29, 0.717) is 18.5 Å². The Morgan fingerprint density at radius 1 is 1.32 bits per heavy atom. The fraction of sp³-hybridized carbons (Fsp3) is 0.857. The molecule has 1 aliphatic heterocycles. The molecule has 108 valence electrons. The second-order valence-corrected chi connectivity index (χ2v) is 5.72. The third kappa shape index (κ3) is 3.26. The normalized spacial score (nSPS) is 27.7. The molecule has 3 amide bonds. The summed E-state index contributed by atoms with van der Waals surface area (Å²) >= 11 is 0. The maximum Gasteiger partial charge on any atom is 0.326 e. The molecule has 1 N–H and O–H groups in total. The molecule has 5 heteroatoms. The molecule has 5 nitrogen and oxygen atoms in total. The van der Waals surface area contributed by atoms with Gasteiger partial charge in [0.25, 0.3) is 0 Å². The minimum absolute atomic E-state index is 0.0523. The molecule has 0 aromatic carbocycles. The van der Waals surface area contributed by atoms with Crippen molar-refractivity contribution in [2.75, 3.05) is 26.7 Å². The van der Waals surface area contributed by atoms with E-state index < -0.39 is 0 Å². The number of urea groups is 1. The molecule has 0 bridgehead atoms. The lowest BCUT2D eigenvalue weighted by Gasteiger charge is -2.23. The van der Waals surface area contributed by atoms with Gasteiger partial charge in [-0.15, -0.1) is 0 Å². The Morgan fingerprint density at radius 2 is 2.11 bits per heavy atom. The van der Waals surface area contributed by atoms with Crippen LogP contribution in [0.5, 0.6) is 0 Å². The standard InChI is InChI=1S/C14H25N3O2/c1-3-8-15-12-6-4-5-11(12)7-9-17-13(18)10-16(2)14(17)19/h11-12,15H,3-10H2,1-2H3. The molecule has 2 unspecified atom stereocenters. The van der Waals surface area contributed by atoms with E-state index in [4.69, 9.17) is 0 Å². The molecule has 0 aromatic heterocycles. The van der Waals surface area contributed by atoms with Crippen molar-refractivity contribution in [3.8, 4) is 0 Å². The Morgan fingerprint density at radius 3 is 2.74 bits per heavy atom. The smallest absolute Gasteiger partial charge is 0.318 e. The van der Waals surface area contributed by atoms with Crippen molar-refractivity contribution in [3.63, 3.8) is 0 Å². The fourth-order valence-electron chi connectivity index (χ4n) is 3.16. The highest BCUT2D eigenvalue weighted by Crippen LogP contribution is 2.29. The molecule has 2 aliphatic rings. The molecule has 1 saturated heterocycles. The zero-order valence-corrected chi connectivity index (χ0v) is 12.0. The van der Waals surface area contributed by atoms with E-state index in [2.05, 4.69) is 12.2 Å². The molecule has 2 fully saturated rings. The number of nitrogens with zero attached hydrogens (tertiary/aromatic N) is 2. The van der Waals surface area contributed by atoms with Crippen LogP contribution in [0.25, 0.3) is 0 Å². The van der Waals surface area contributed by atoms with Gasteiger partial charge in [0.15, 0.2) is 0 Å². The van der Waals surface area contributed by atoms with Crippen molar-refractivity contribution in [1.29, 1.82) is 0 Å². The monoisotopic (exact) mass is 267 g/mol. The Balaban J connectivity index is 1.81. The van der Waals surface area contributed by atoms with Gasteiger partial charge in [0.2, 0.25) is 5.91 Å². The van der Waals surface area contributed by atoms with Gasteiger partial charge in [0.1, 0.15) is 6.54 Å². The van der Waals surface area contributed by atoms with Gasteiger partial charge in [-0.05, 0) is 38.1 Å². The van der Waals surface area contributed by atoms with E-state index >= 15 is 0 Å². The predicted molar refractivity (Wildman–Crippen MR) is 73.8 cm³/mol. The summed E-state index contributed by atoms with van der Waals surface area (Å²) in [6.07, 6.45) is 5.79. The summed E-state index contributed by atoms with van der Waals surface area (Å²) < 4.78 is 0. The molecule has 1 saturated carbocycles. The number of rotatable bonds is 6. The molecular formula is C14H25N3O2. The number of nitrogens with one attached hydrogen (secondary N) is 1. The fourth-order valence-corrected chi connectivity index (χ4v) is 3.16. The zero-order valence-electron chi connectivity index (χ0n) is 12.0. The lowest BCUT2D eigenvalue weighted by molar-refractivity contribution is -0.125. The Kier molecular flexibility index (Phi) is 4.80. The van der Waals surface area contributed by atoms with Crippen molar-refractivity contribution >= 4 is 11.9 Å². The Labute approximate surface area is 115 Å². The van der Waals surface area contributed by atoms with Crippen LogP contribution in [0.1, 0.15) is 39.0 Å². The summed E-state index contributed by atoms with van der Waals surface area (Å²) in [6, 6.07) is 0.437. The topological polar surface area (TPSA) is 52.7 Å². The summed E-state index contributed by atoms with van der Waals surface area (Å²) in [5.74, 6) is 0.557. The van der Waals surface area contributed by atoms with Crippen molar-refractivity contribution in [3.05, 3.63) is 0 Å². The quantitative estimate of drug-likeness (QED) is 0.741. The van der Waals surface area contributed by atoms with Gasteiger partial charge in [-0.3, -0.25) is 9.69 Å². The van der Waals surface area contributed by atoms with Gasteiger partial charge in [-0.1, -0.05) is 13.3 Å². The van der Waals surface area contributed by atoms with Crippen LogP contribution >= 0.6 is 0 Å². The van der Waals surface area contributed by atoms with Gasteiger partial charge >= 0.3 is 6.03 Å². The highest BCUT2D eigenvalue weighted by Gasteiger charge is 2.35. The average molecular weight is 267 g/mol. The van der Waals surface area contributed by atoms with E-state index in [9.17, 15) is 9.59 Å². The number of carbonyl (C=O) groups is 2. The molecule has 1 aliphatic carbocycles. The van der Waals surface area contributed by atoms with Crippen molar-refractivity contribution in [1.82, 2.24) is 15.1 Å². The largest absolute Gasteiger partial charge is 0.326 e. The van der Waals surface area contributed by atoms with Crippen LogP contribution < -0.4 is 5.32 Å². The summed E-state index contributed by atoms with van der Waals surface area (Å²) in [7, 11) is 1.68. The molecule has 19 heavy (non-hydrogen) atoms. The number of imide groups is 1. The number of hydrogen-bond donors (Lipinski definition) is 1. The summed E-state index contributed by atoms with van der Waals surface area (Å²) in [5.41, 5.74) is 0. The Bertz CT molecular complexity index is 346. The number of hydrogen-bond acceptors (Lipinski definition) is 3. The molecule has 2 rings (SSSR count). The second kappa shape index (κ2) is 6.37. The van der Waals surface area contributed by atoms with Crippen LogP contribution in [0, 0.1) is 5.92 Å². The van der Waals surface area contributed by atoms with Crippen molar-refractivity contribution in [2.24, 2.45) is 5.92 Å². The maximum absolute atomic E-state index is 11.8. The molecule has 1 heterocycles. The lowest BCUT2D eigenvalue weighted by atomic mass is 9.99. The third-order valence-corrected chi connectivity index (χ3v) is 4.27. The highest BCUT2D eigenvalue weighted by atomic mass is 16.2. The molecule has 0 spiro atoms. The van der Waals surface area contributed by atoms with Crippen LogP contribution in [0.15, 0.2) is 0 Å². The predicted octanol–water partition coefficient (Wildman–Crippen LogP) is 1.44. The lowest BCUT2D eigenvalue weighted by Crippen LogP contribution is -2.37. The first-order chi connectivity index (χ1) is 9.13.